The molecule has 27 heavy (non-hydrogen) atoms. The van der Waals surface area contributed by atoms with Gasteiger partial charge in [0.15, 0.2) is 0 Å². The zero-order chi connectivity index (χ0) is 19.4. The summed E-state index contributed by atoms with van der Waals surface area (Å²) in [7, 11) is 0. The van der Waals surface area contributed by atoms with Crippen LogP contribution in [0.25, 0.3) is 0 Å². The van der Waals surface area contributed by atoms with E-state index in [1.165, 1.54) is 16.7 Å². The fourth-order valence-corrected chi connectivity index (χ4v) is 4.11. The SMILES string of the molecule is Cc1ccc(C)c([C@@H](C)NC(=O)[C@@H]2CCCN(Cc3ccccc3Cl)C2)c1. The number of rotatable bonds is 5. The van der Waals surface area contributed by atoms with Gasteiger partial charge in [-0.25, -0.2) is 0 Å². The molecule has 3 nitrogen and oxygen atoms in total. The number of piperidine rings is 1. The van der Waals surface area contributed by atoms with E-state index < -0.39 is 0 Å². The highest BCUT2D eigenvalue weighted by Gasteiger charge is 2.27. The molecule has 2 aromatic carbocycles. The lowest BCUT2D eigenvalue weighted by Crippen LogP contribution is -2.43. The van der Waals surface area contributed by atoms with Crippen molar-refractivity contribution in [2.24, 2.45) is 5.92 Å². The van der Waals surface area contributed by atoms with Crippen molar-refractivity contribution in [1.82, 2.24) is 10.2 Å². The second-order valence-corrected chi connectivity index (χ2v) is 8.16. The number of likely N-dealkylation sites (tertiary alicyclic amines) is 1. The zero-order valence-electron chi connectivity index (χ0n) is 16.5. The van der Waals surface area contributed by atoms with E-state index in [4.69, 9.17) is 11.6 Å². The molecule has 1 amide bonds. The van der Waals surface area contributed by atoms with Crippen molar-refractivity contribution in [1.29, 1.82) is 0 Å². The Balaban J connectivity index is 1.61. The summed E-state index contributed by atoms with van der Waals surface area (Å²) in [5, 5.41) is 4.04. The number of carbonyl (C=O) groups excluding carboxylic acids is 1. The first-order chi connectivity index (χ1) is 12.9. The lowest BCUT2D eigenvalue weighted by molar-refractivity contribution is -0.127. The molecule has 0 aromatic heterocycles. The number of benzene rings is 2. The summed E-state index contributed by atoms with van der Waals surface area (Å²) < 4.78 is 0. The fraction of sp³-hybridized carbons (Fsp3) is 0.435. The van der Waals surface area contributed by atoms with Crippen LogP contribution in [0, 0.1) is 19.8 Å². The molecule has 1 saturated heterocycles. The molecule has 1 aliphatic heterocycles. The summed E-state index contributed by atoms with van der Waals surface area (Å²) in [5.41, 5.74) is 4.77. The zero-order valence-corrected chi connectivity index (χ0v) is 17.2. The summed E-state index contributed by atoms with van der Waals surface area (Å²) in [6.45, 7) is 8.87. The number of aryl methyl sites for hydroxylation is 2. The van der Waals surface area contributed by atoms with Crippen LogP contribution in [0.2, 0.25) is 5.02 Å². The molecule has 0 unspecified atom stereocenters. The van der Waals surface area contributed by atoms with Gasteiger partial charge in [-0.3, -0.25) is 9.69 Å². The quantitative estimate of drug-likeness (QED) is 0.782. The number of halogens is 1. The van der Waals surface area contributed by atoms with Crippen LogP contribution in [0.5, 0.6) is 0 Å². The van der Waals surface area contributed by atoms with Gasteiger partial charge in [-0.05, 0) is 62.9 Å². The monoisotopic (exact) mass is 384 g/mol. The Kier molecular flexibility index (Phi) is 6.56. The first-order valence-corrected chi connectivity index (χ1v) is 10.1. The number of nitrogens with zero attached hydrogens (tertiary/aromatic N) is 1. The summed E-state index contributed by atoms with van der Waals surface area (Å²) in [6, 6.07) is 14.4. The molecule has 0 saturated carbocycles. The second kappa shape index (κ2) is 8.90. The van der Waals surface area contributed by atoms with Gasteiger partial charge in [0, 0.05) is 18.1 Å². The predicted octanol–water partition coefficient (Wildman–Crippen LogP) is 5.05. The highest BCUT2D eigenvalue weighted by atomic mass is 35.5. The molecule has 1 aliphatic rings. The van der Waals surface area contributed by atoms with Gasteiger partial charge in [-0.2, -0.15) is 0 Å². The van der Waals surface area contributed by atoms with Gasteiger partial charge in [0.05, 0.1) is 12.0 Å². The Hall–Kier alpha value is -1.84. The minimum atomic E-state index is 0.0244. The van der Waals surface area contributed by atoms with Gasteiger partial charge in [-0.15, -0.1) is 0 Å². The van der Waals surface area contributed by atoms with Crippen molar-refractivity contribution in [3.63, 3.8) is 0 Å². The lowest BCUT2D eigenvalue weighted by atomic mass is 9.95. The topological polar surface area (TPSA) is 32.3 Å². The molecule has 144 valence electrons. The summed E-state index contributed by atoms with van der Waals surface area (Å²) in [5.74, 6) is 0.195. The van der Waals surface area contributed by atoms with Gasteiger partial charge in [0.2, 0.25) is 5.91 Å². The largest absolute Gasteiger partial charge is 0.349 e. The van der Waals surface area contributed by atoms with Crippen LogP contribution in [0.15, 0.2) is 42.5 Å². The molecule has 1 heterocycles. The van der Waals surface area contributed by atoms with Gasteiger partial charge < -0.3 is 5.32 Å². The van der Waals surface area contributed by atoms with Crippen LogP contribution in [-0.4, -0.2) is 23.9 Å². The van der Waals surface area contributed by atoms with Gasteiger partial charge in [0.25, 0.3) is 0 Å². The van der Waals surface area contributed by atoms with Crippen molar-refractivity contribution >= 4 is 17.5 Å². The fourth-order valence-electron chi connectivity index (χ4n) is 3.92. The van der Waals surface area contributed by atoms with Crippen molar-refractivity contribution in [2.75, 3.05) is 13.1 Å². The van der Waals surface area contributed by atoms with E-state index in [0.717, 1.165) is 43.1 Å². The van der Waals surface area contributed by atoms with Crippen LogP contribution in [0.3, 0.4) is 0 Å². The average molecular weight is 385 g/mol. The standard InChI is InChI=1S/C23H29ClN2O/c1-16-10-11-17(2)21(13-16)18(3)25-23(27)20-8-6-12-26(15-20)14-19-7-4-5-9-22(19)24/h4-5,7,9-11,13,18,20H,6,8,12,14-15H2,1-3H3,(H,25,27)/t18-,20-/m1/s1. The van der Waals surface area contributed by atoms with Crippen molar-refractivity contribution in [3.8, 4) is 0 Å². The third kappa shape index (κ3) is 5.12. The number of amides is 1. The normalized spacial score (nSPS) is 18.9. The summed E-state index contributed by atoms with van der Waals surface area (Å²) in [4.78, 5) is 15.2. The van der Waals surface area contributed by atoms with Crippen molar-refractivity contribution < 1.29 is 4.79 Å². The van der Waals surface area contributed by atoms with E-state index in [2.05, 4.69) is 55.3 Å². The maximum atomic E-state index is 12.9. The first kappa shape index (κ1) is 19.9. The minimum Gasteiger partial charge on any atom is -0.349 e. The highest BCUT2D eigenvalue weighted by Crippen LogP contribution is 2.24. The molecule has 0 spiro atoms. The molecule has 2 aromatic rings. The lowest BCUT2D eigenvalue weighted by Gasteiger charge is -2.33. The third-order valence-electron chi connectivity index (χ3n) is 5.49. The van der Waals surface area contributed by atoms with E-state index in [1.54, 1.807) is 0 Å². The molecule has 3 rings (SSSR count). The van der Waals surface area contributed by atoms with Crippen LogP contribution < -0.4 is 5.32 Å². The number of hydrogen-bond acceptors (Lipinski definition) is 2. The van der Waals surface area contributed by atoms with E-state index in [-0.39, 0.29) is 17.9 Å². The highest BCUT2D eigenvalue weighted by molar-refractivity contribution is 6.31. The number of carbonyl (C=O) groups is 1. The maximum Gasteiger partial charge on any atom is 0.224 e. The van der Waals surface area contributed by atoms with E-state index in [9.17, 15) is 4.79 Å². The van der Waals surface area contributed by atoms with E-state index >= 15 is 0 Å². The molecule has 0 radical (unpaired) electrons. The summed E-state index contributed by atoms with van der Waals surface area (Å²) >= 11 is 6.30. The smallest absolute Gasteiger partial charge is 0.224 e. The number of hydrogen-bond donors (Lipinski definition) is 1. The van der Waals surface area contributed by atoms with Crippen LogP contribution in [0.4, 0.5) is 0 Å². The Morgan fingerprint density at radius 2 is 2.04 bits per heavy atom. The molecule has 4 heteroatoms. The molecule has 0 bridgehead atoms. The number of nitrogens with one attached hydrogen (secondary N) is 1. The van der Waals surface area contributed by atoms with Crippen LogP contribution in [-0.2, 0) is 11.3 Å². The Morgan fingerprint density at radius 3 is 2.81 bits per heavy atom. The van der Waals surface area contributed by atoms with Gasteiger partial charge in [0.1, 0.15) is 0 Å². The minimum absolute atomic E-state index is 0.0244. The third-order valence-corrected chi connectivity index (χ3v) is 5.86. The Labute approximate surface area is 167 Å². The second-order valence-electron chi connectivity index (χ2n) is 7.76. The van der Waals surface area contributed by atoms with Gasteiger partial charge >= 0.3 is 0 Å². The molecule has 0 aliphatic carbocycles. The summed E-state index contributed by atoms with van der Waals surface area (Å²) in [6.07, 6.45) is 1.99. The van der Waals surface area contributed by atoms with E-state index in [0.29, 0.717) is 0 Å². The Morgan fingerprint density at radius 1 is 1.26 bits per heavy atom. The van der Waals surface area contributed by atoms with Crippen LogP contribution >= 0.6 is 11.6 Å². The molecular weight excluding hydrogens is 356 g/mol. The molecule has 1 fully saturated rings. The molecule has 2 atom stereocenters. The molecule has 1 N–H and O–H groups in total. The van der Waals surface area contributed by atoms with Gasteiger partial charge in [-0.1, -0.05) is 53.6 Å². The molecular formula is C23H29ClN2O. The van der Waals surface area contributed by atoms with Crippen molar-refractivity contribution in [2.45, 2.75) is 46.2 Å². The Bertz CT molecular complexity index is 805. The van der Waals surface area contributed by atoms with Crippen LogP contribution in [0.1, 0.15) is 48.1 Å². The maximum absolute atomic E-state index is 12.9. The first-order valence-electron chi connectivity index (χ1n) is 9.77. The van der Waals surface area contributed by atoms with Crippen molar-refractivity contribution in [3.05, 3.63) is 69.7 Å². The average Bonchev–Trinajstić information content (AvgIpc) is 2.65. The van der Waals surface area contributed by atoms with E-state index in [1.807, 2.05) is 18.2 Å². The predicted molar refractivity (Wildman–Crippen MR) is 112 cm³/mol.